The third-order valence-corrected chi connectivity index (χ3v) is 2.89. The van der Waals surface area contributed by atoms with Crippen LogP contribution in [-0.4, -0.2) is 28.7 Å². The van der Waals surface area contributed by atoms with Gasteiger partial charge in [-0.3, -0.25) is 4.79 Å². The van der Waals surface area contributed by atoms with E-state index >= 15 is 0 Å². The van der Waals surface area contributed by atoms with Crippen molar-refractivity contribution in [3.8, 4) is 0 Å². The van der Waals surface area contributed by atoms with E-state index in [0.29, 0.717) is 5.92 Å². The molecule has 0 aromatic carbocycles. The predicted octanol–water partition coefficient (Wildman–Crippen LogP) is 1.34. The second-order valence-corrected chi connectivity index (χ2v) is 5.09. The molecule has 3 N–H and O–H groups in total. The Morgan fingerprint density at radius 3 is 2.44 bits per heavy atom. The monoisotopic (exact) mass is 228 g/mol. The molecule has 16 heavy (non-hydrogen) atoms. The first kappa shape index (κ1) is 12.8. The van der Waals surface area contributed by atoms with Crippen molar-refractivity contribution in [3.05, 3.63) is 0 Å². The van der Waals surface area contributed by atoms with Gasteiger partial charge in [-0.1, -0.05) is 0 Å². The van der Waals surface area contributed by atoms with Gasteiger partial charge in [0, 0.05) is 11.6 Å². The van der Waals surface area contributed by atoms with Crippen LogP contribution in [-0.2, 0) is 4.79 Å². The number of urea groups is 1. The molecule has 0 aromatic rings. The topological polar surface area (TPSA) is 78.4 Å². The molecule has 1 aliphatic rings. The molecule has 0 radical (unpaired) electrons. The standard InChI is InChI=1S/C11H20N2O3/c1-7(6-9(14)15)12-10(16)13-11(2,3)8-4-5-8/h7-8H,4-6H2,1-3H3,(H,14,15)(H2,12,13,16). The number of carboxylic acids is 1. The van der Waals surface area contributed by atoms with Gasteiger partial charge in [-0.15, -0.1) is 0 Å². The summed E-state index contributed by atoms with van der Waals surface area (Å²) in [5.74, 6) is -0.359. The normalized spacial score (nSPS) is 17.7. The van der Waals surface area contributed by atoms with Gasteiger partial charge in [-0.25, -0.2) is 4.79 Å². The third kappa shape index (κ3) is 4.08. The summed E-state index contributed by atoms with van der Waals surface area (Å²) in [6.45, 7) is 5.66. The van der Waals surface area contributed by atoms with E-state index in [2.05, 4.69) is 10.6 Å². The van der Waals surface area contributed by atoms with Gasteiger partial charge >= 0.3 is 12.0 Å². The van der Waals surface area contributed by atoms with Crippen LogP contribution in [0.2, 0.25) is 0 Å². The molecule has 0 spiro atoms. The van der Waals surface area contributed by atoms with E-state index in [9.17, 15) is 9.59 Å². The number of carbonyl (C=O) groups is 2. The van der Waals surface area contributed by atoms with Crippen LogP contribution in [0, 0.1) is 5.92 Å². The zero-order valence-corrected chi connectivity index (χ0v) is 10.0. The summed E-state index contributed by atoms with van der Waals surface area (Å²) in [5.41, 5.74) is -0.201. The van der Waals surface area contributed by atoms with E-state index in [1.54, 1.807) is 6.92 Å². The van der Waals surface area contributed by atoms with Crippen molar-refractivity contribution < 1.29 is 14.7 Å². The number of carboxylic acid groups (broad SMARTS) is 1. The van der Waals surface area contributed by atoms with E-state index in [-0.39, 0.29) is 24.0 Å². The van der Waals surface area contributed by atoms with Crippen LogP contribution in [0.25, 0.3) is 0 Å². The van der Waals surface area contributed by atoms with Crippen molar-refractivity contribution in [2.45, 2.75) is 51.6 Å². The number of aliphatic carboxylic acids is 1. The first-order chi connectivity index (χ1) is 7.31. The molecule has 1 fully saturated rings. The average molecular weight is 228 g/mol. The largest absolute Gasteiger partial charge is 0.481 e. The van der Waals surface area contributed by atoms with Crippen molar-refractivity contribution in [2.24, 2.45) is 5.92 Å². The Bertz CT molecular complexity index is 285. The highest BCUT2D eigenvalue weighted by Crippen LogP contribution is 2.39. The van der Waals surface area contributed by atoms with Gasteiger partial charge in [0.25, 0.3) is 0 Å². The number of hydrogen-bond donors (Lipinski definition) is 3. The molecular weight excluding hydrogens is 208 g/mol. The molecule has 92 valence electrons. The Hall–Kier alpha value is -1.26. The third-order valence-electron chi connectivity index (χ3n) is 2.89. The summed E-state index contributed by atoms with van der Waals surface area (Å²) < 4.78 is 0. The second kappa shape index (κ2) is 4.72. The van der Waals surface area contributed by atoms with Gasteiger partial charge in [0.05, 0.1) is 6.42 Å². The number of carbonyl (C=O) groups excluding carboxylic acids is 1. The molecule has 5 heteroatoms. The Labute approximate surface area is 95.6 Å². The van der Waals surface area contributed by atoms with Crippen molar-refractivity contribution in [1.29, 1.82) is 0 Å². The lowest BCUT2D eigenvalue weighted by molar-refractivity contribution is -0.137. The Morgan fingerprint density at radius 1 is 1.44 bits per heavy atom. The van der Waals surface area contributed by atoms with Crippen molar-refractivity contribution in [1.82, 2.24) is 10.6 Å². The van der Waals surface area contributed by atoms with Crippen LogP contribution in [0.4, 0.5) is 4.79 Å². The lowest BCUT2D eigenvalue weighted by atomic mass is 9.99. The van der Waals surface area contributed by atoms with Gasteiger partial charge in [0.15, 0.2) is 0 Å². The highest BCUT2D eigenvalue weighted by atomic mass is 16.4. The fraction of sp³-hybridized carbons (Fsp3) is 0.818. The smallest absolute Gasteiger partial charge is 0.315 e. The fourth-order valence-corrected chi connectivity index (χ4v) is 1.77. The molecule has 0 aliphatic heterocycles. The second-order valence-electron chi connectivity index (χ2n) is 5.09. The molecule has 0 aromatic heterocycles. The van der Waals surface area contributed by atoms with Crippen molar-refractivity contribution in [2.75, 3.05) is 0 Å². The maximum atomic E-state index is 11.6. The van der Waals surface area contributed by atoms with Crippen LogP contribution in [0.1, 0.15) is 40.0 Å². The molecule has 1 unspecified atom stereocenters. The molecule has 1 aliphatic carbocycles. The Morgan fingerprint density at radius 2 is 2.00 bits per heavy atom. The van der Waals surface area contributed by atoms with Gasteiger partial charge in [-0.2, -0.15) is 0 Å². The van der Waals surface area contributed by atoms with Crippen LogP contribution in [0.5, 0.6) is 0 Å². The highest BCUT2D eigenvalue weighted by molar-refractivity contribution is 5.76. The van der Waals surface area contributed by atoms with Crippen LogP contribution in [0.15, 0.2) is 0 Å². The van der Waals surface area contributed by atoms with Gasteiger partial charge in [0.2, 0.25) is 0 Å². The summed E-state index contributed by atoms with van der Waals surface area (Å²) in [6.07, 6.45) is 2.24. The summed E-state index contributed by atoms with van der Waals surface area (Å²) in [6, 6.07) is -0.641. The maximum Gasteiger partial charge on any atom is 0.315 e. The summed E-state index contributed by atoms with van der Waals surface area (Å²) >= 11 is 0. The summed E-state index contributed by atoms with van der Waals surface area (Å²) in [5, 5.41) is 14.1. The highest BCUT2D eigenvalue weighted by Gasteiger charge is 2.38. The molecular formula is C11H20N2O3. The number of amides is 2. The number of nitrogens with one attached hydrogen (secondary N) is 2. The van der Waals surface area contributed by atoms with E-state index in [1.165, 1.54) is 0 Å². The van der Waals surface area contributed by atoms with Gasteiger partial charge < -0.3 is 15.7 Å². The SMILES string of the molecule is CC(CC(=O)O)NC(=O)NC(C)(C)C1CC1. The van der Waals surface area contributed by atoms with E-state index in [1.807, 2.05) is 13.8 Å². The molecule has 1 rings (SSSR count). The first-order valence-electron chi connectivity index (χ1n) is 5.61. The number of rotatable bonds is 5. The van der Waals surface area contributed by atoms with E-state index in [0.717, 1.165) is 12.8 Å². The fourth-order valence-electron chi connectivity index (χ4n) is 1.77. The molecule has 0 bridgehead atoms. The lowest BCUT2D eigenvalue weighted by Crippen LogP contribution is -2.51. The summed E-state index contributed by atoms with van der Waals surface area (Å²) in [7, 11) is 0. The molecule has 0 saturated heterocycles. The minimum absolute atomic E-state index is 0.0583. The van der Waals surface area contributed by atoms with E-state index in [4.69, 9.17) is 5.11 Å². The Kier molecular flexibility index (Phi) is 3.78. The summed E-state index contributed by atoms with van der Waals surface area (Å²) in [4.78, 5) is 22.0. The Balaban J connectivity index is 2.32. The van der Waals surface area contributed by atoms with Crippen molar-refractivity contribution >= 4 is 12.0 Å². The minimum Gasteiger partial charge on any atom is -0.481 e. The van der Waals surface area contributed by atoms with Crippen LogP contribution in [0.3, 0.4) is 0 Å². The quantitative estimate of drug-likeness (QED) is 0.664. The zero-order chi connectivity index (χ0) is 12.3. The first-order valence-corrected chi connectivity index (χ1v) is 5.61. The van der Waals surface area contributed by atoms with E-state index < -0.39 is 5.97 Å². The molecule has 2 amide bonds. The lowest BCUT2D eigenvalue weighted by Gasteiger charge is -2.27. The zero-order valence-electron chi connectivity index (χ0n) is 10.0. The van der Waals surface area contributed by atoms with Gasteiger partial charge in [-0.05, 0) is 39.5 Å². The van der Waals surface area contributed by atoms with Crippen LogP contribution < -0.4 is 10.6 Å². The minimum atomic E-state index is -0.908. The van der Waals surface area contributed by atoms with Crippen LogP contribution >= 0.6 is 0 Å². The maximum absolute atomic E-state index is 11.6. The number of hydrogen-bond acceptors (Lipinski definition) is 2. The average Bonchev–Trinajstić information content (AvgIpc) is 2.80. The molecule has 1 atom stereocenters. The predicted molar refractivity (Wildman–Crippen MR) is 60.2 cm³/mol. The molecule has 0 heterocycles. The molecule has 1 saturated carbocycles. The van der Waals surface area contributed by atoms with Crippen molar-refractivity contribution in [3.63, 3.8) is 0 Å². The van der Waals surface area contributed by atoms with Gasteiger partial charge in [0.1, 0.15) is 0 Å². The molecule has 5 nitrogen and oxygen atoms in total.